The largest absolute Gasteiger partial charge is 0.351 e. The van der Waals surface area contributed by atoms with Crippen LogP contribution < -0.4 is 10.6 Å². The Morgan fingerprint density at radius 3 is 2.43 bits per heavy atom. The van der Waals surface area contributed by atoms with Crippen LogP contribution in [0, 0.1) is 24.4 Å². The van der Waals surface area contributed by atoms with Crippen molar-refractivity contribution in [3.8, 4) is 5.82 Å². The summed E-state index contributed by atoms with van der Waals surface area (Å²) in [6, 6.07) is 2.17. The standard InChI is InChI=1S/C23H24F3N9O2/c1-3-33-23(37)34(14(2)30-33)20-18(26)13-27-21(29-20)31-6-8-32(9-7-31)22(36)35-19(4-5-28-35)15-10-16(24)12-17(25)11-15/h5,10-13,19H,3-4,6-9H2,1-2H3/t19-/m0/s1. The third-order valence-electron chi connectivity index (χ3n) is 6.35. The monoisotopic (exact) mass is 515 g/mol. The molecule has 0 unspecified atom stereocenters. The van der Waals surface area contributed by atoms with Crippen molar-refractivity contribution in [2.24, 2.45) is 5.10 Å². The van der Waals surface area contributed by atoms with Gasteiger partial charge in [-0.2, -0.15) is 15.2 Å². The summed E-state index contributed by atoms with van der Waals surface area (Å²) in [4.78, 5) is 37.5. The summed E-state index contributed by atoms with van der Waals surface area (Å²) in [5.41, 5.74) is -0.177. The highest BCUT2D eigenvalue weighted by Gasteiger charge is 2.34. The van der Waals surface area contributed by atoms with Crippen LogP contribution in [0.4, 0.5) is 23.9 Å². The van der Waals surface area contributed by atoms with E-state index in [0.29, 0.717) is 37.4 Å². The molecule has 1 aromatic carbocycles. The molecular weight excluding hydrogens is 491 g/mol. The smallest absolute Gasteiger partial charge is 0.337 e. The van der Waals surface area contributed by atoms with E-state index >= 15 is 0 Å². The molecule has 1 atom stereocenters. The molecule has 37 heavy (non-hydrogen) atoms. The van der Waals surface area contributed by atoms with Gasteiger partial charge >= 0.3 is 11.7 Å². The molecule has 1 fully saturated rings. The van der Waals surface area contributed by atoms with E-state index < -0.39 is 35.2 Å². The molecule has 2 aliphatic rings. The fourth-order valence-electron chi connectivity index (χ4n) is 4.51. The Hall–Kier alpha value is -4.23. The lowest BCUT2D eigenvalue weighted by molar-refractivity contribution is 0.139. The van der Waals surface area contributed by atoms with Gasteiger partial charge in [0, 0.05) is 51.4 Å². The molecule has 1 saturated heterocycles. The minimum Gasteiger partial charge on any atom is -0.337 e. The van der Waals surface area contributed by atoms with Crippen LogP contribution in [-0.2, 0) is 6.54 Å². The third-order valence-corrected chi connectivity index (χ3v) is 6.35. The highest BCUT2D eigenvalue weighted by atomic mass is 19.1. The van der Waals surface area contributed by atoms with Gasteiger partial charge in [-0.05, 0) is 31.5 Å². The van der Waals surface area contributed by atoms with Crippen molar-refractivity contribution < 1.29 is 18.0 Å². The number of hydrogen-bond donors (Lipinski definition) is 0. The van der Waals surface area contributed by atoms with E-state index in [1.54, 1.807) is 29.9 Å². The molecular formula is C23H24F3N9O2. The summed E-state index contributed by atoms with van der Waals surface area (Å²) in [6.07, 6.45) is 2.89. The zero-order valence-corrected chi connectivity index (χ0v) is 20.2. The van der Waals surface area contributed by atoms with Gasteiger partial charge in [0.2, 0.25) is 5.95 Å². The average Bonchev–Trinajstić information content (AvgIpc) is 3.48. The van der Waals surface area contributed by atoms with E-state index in [2.05, 4.69) is 20.2 Å². The van der Waals surface area contributed by atoms with Crippen LogP contribution in [-0.4, -0.2) is 72.6 Å². The van der Waals surface area contributed by atoms with Crippen LogP contribution in [0.15, 0.2) is 34.3 Å². The highest BCUT2D eigenvalue weighted by Crippen LogP contribution is 2.30. The molecule has 5 rings (SSSR count). The van der Waals surface area contributed by atoms with E-state index in [1.807, 2.05) is 0 Å². The zero-order chi connectivity index (χ0) is 26.3. The van der Waals surface area contributed by atoms with Gasteiger partial charge in [-0.3, -0.25) is 0 Å². The SMILES string of the molecule is CCn1nc(C)n(-c2nc(N3CCN(C(=O)N4N=CC[C@H]4c4cc(F)cc(F)c4)CC3)ncc2F)c1=O. The van der Waals surface area contributed by atoms with E-state index in [4.69, 9.17) is 0 Å². The normalized spacial score (nSPS) is 17.6. The first kappa shape index (κ1) is 24.5. The average molecular weight is 516 g/mol. The van der Waals surface area contributed by atoms with Crippen molar-refractivity contribution in [2.75, 3.05) is 31.1 Å². The molecule has 0 spiro atoms. The molecule has 2 aromatic heterocycles. The number of piperazine rings is 1. The van der Waals surface area contributed by atoms with Crippen LogP contribution in [0.5, 0.6) is 0 Å². The molecule has 0 radical (unpaired) electrons. The number of amides is 2. The van der Waals surface area contributed by atoms with Crippen LogP contribution in [0.1, 0.15) is 30.8 Å². The predicted octanol–water partition coefficient (Wildman–Crippen LogP) is 2.24. The van der Waals surface area contributed by atoms with Crippen molar-refractivity contribution in [3.63, 3.8) is 0 Å². The lowest BCUT2D eigenvalue weighted by atomic mass is 10.0. The summed E-state index contributed by atoms with van der Waals surface area (Å²) in [5, 5.41) is 9.49. The maximum atomic E-state index is 14.6. The van der Waals surface area contributed by atoms with E-state index in [0.717, 1.165) is 16.8 Å². The molecule has 0 aliphatic carbocycles. The second-order valence-corrected chi connectivity index (χ2v) is 8.68. The first-order valence-electron chi connectivity index (χ1n) is 11.8. The fraction of sp³-hybridized carbons (Fsp3) is 0.391. The van der Waals surface area contributed by atoms with Crippen molar-refractivity contribution in [1.29, 1.82) is 0 Å². The number of hydrogen-bond acceptors (Lipinski definition) is 7. The number of rotatable bonds is 4. The predicted molar refractivity (Wildman–Crippen MR) is 127 cm³/mol. The van der Waals surface area contributed by atoms with Gasteiger partial charge in [-0.1, -0.05) is 0 Å². The second kappa shape index (κ2) is 9.67. The quantitative estimate of drug-likeness (QED) is 0.528. The van der Waals surface area contributed by atoms with Gasteiger partial charge in [0.05, 0.1) is 12.2 Å². The number of benzene rings is 1. The number of aryl methyl sites for hydroxylation is 2. The maximum Gasteiger partial charge on any atom is 0.351 e. The molecule has 194 valence electrons. The number of carbonyl (C=O) groups is 1. The van der Waals surface area contributed by atoms with E-state index in [9.17, 15) is 22.8 Å². The molecule has 0 saturated carbocycles. The van der Waals surface area contributed by atoms with Gasteiger partial charge in [0.25, 0.3) is 0 Å². The number of anilines is 1. The minimum atomic E-state index is -0.759. The van der Waals surface area contributed by atoms with Crippen LogP contribution in [0.3, 0.4) is 0 Å². The number of nitrogens with zero attached hydrogens (tertiary/aromatic N) is 9. The summed E-state index contributed by atoms with van der Waals surface area (Å²) in [7, 11) is 0. The second-order valence-electron chi connectivity index (χ2n) is 8.68. The zero-order valence-electron chi connectivity index (χ0n) is 20.2. The molecule has 2 amide bonds. The van der Waals surface area contributed by atoms with Crippen molar-refractivity contribution in [2.45, 2.75) is 32.9 Å². The van der Waals surface area contributed by atoms with Crippen molar-refractivity contribution in [1.82, 2.24) is 34.2 Å². The summed E-state index contributed by atoms with van der Waals surface area (Å²) >= 11 is 0. The lowest BCUT2D eigenvalue weighted by Crippen LogP contribution is -2.52. The van der Waals surface area contributed by atoms with Gasteiger partial charge in [-0.25, -0.2) is 42.0 Å². The fourth-order valence-corrected chi connectivity index (χ4v) is 4.51. The molecule has 4 heterocycles. The Labute approximate surface area is 209 Å². The van der Waals surface area contributed by atoms with Gasteiger partial charge in [0.1, 0.15) is 17.5 Å². The third kappa shape index (κ3) is 4.54. The van der Waals surface area contributed by atoms with Gasteiger partial charge < -0.3 is 9.80 Å². The minimum absolute atomic E-state index is 0.192. The van der Waals surface area contributed by atoms with Gasteiger partial charge in [0.15, 0.2) is 11.6 Å². The highest BCUT2D eigenvalue weighted by molar-refractivity contribution is 5.78. The molecule has 0 N–H and O–H groups in total. The molecule has 2 aliphatic heterocycles. The Morgan fingerprint density at radius 2 is 1.78 bits per heavy atom. The van der Waals surface area contributed by atoms with Crippen LogP contribution in [0.2, 0.25) is 0 Å². The topological polar surface area (TPSA) is 105 Å². The Bertz CT molecular complexity index is 1410. The lowest BCUT2D eigenvalue weighted by Gasteiger charge is -2.37. The first-order valence-corrected chi connectivity index (χ1v) is 11.8. The van der Waals surface area contributed by atoms with Crippen molar-refractivity contribution >= 4 is 18.2 Å². The first-order chi connectivity index (χ1) is 17.8. The number of halogens is 3. The Kier molecular flexibility index (Phi) is 6.39. The summed E-state index contributed by atoms with van der Waals surface area (Å²) < 4.78 is 44.4. The maximum absolute atomic E-state index is 14.6. The Balaban J connectivity index is 1.30. The van der Waals surface area contributed by atoms with E-state index in [1.165, 1.54) is 21.8 Å². The molecule has 14 heteroatoms. The summed E-state index contributed by atoms with van der Waals surface area (Å²) in [5.74, 6) is -1.88. The Morgan fingerprint density at radius 1 is 1.08 bits per heavy atom. The molecule has 11 nitrogen and oxygen atoms in total. The van der Waals surface area contributed by atoms with Gasteiger partial charge in [-0.15, -0.1) is 0 Å². The van der Waals surface area contributed by atoms with Crippen LogP contribution >= 0.6 is 0 Å². The van der Waals surface area contributed by atoms with Crippen LogP contribution in [0.25, 0.3) is 5.82 Å². The molecule has 3 aromatic rings. The summed E-state index contributed by atoms with van der Waals surface area (Å²) in [6.45, 7) is 4.94. The number of urea groups is 1. The number of hydrazone groups is 1. The number of aromatic nitrogens is 5. The number of carbonyl (C=O) groups excluding carboxylic acids is 1. The van der Waals surface area contributed by atoms with E-state index in [-0.39, 0.29) is 24.9 Å². The van der Waals surface area contributed by atoms with Crippen molar-refractivity contribution in [3.05, 3.63) is 63.7 Å². The molecule has 0 bridgehead atoms.